The number of benzene rings is 1. The van der Waals surface area contributed by atoms with Crippen molar-refractivity contribution in [3.63, 3.8) is 0 Å². The third-order valence-corrected chi connectivity index (χ3v) is 5.36. The Bertz CT molecular complexity index is 370. The summed E-state index contributed by atoms with van der Waals surface area (Å²) >= 11 is 5.37. The Morgan fingerprint density at radius 3 is 2.38 bits per heavy atom. The molecule has 1 aromatic carbocycles. The molecule has 0 fully saturated rings. The van der Waals surface area contributed by atoms with Gasteiger partial charge < -0.3 is 5.73 Å². The van der Waals surface area contributed by atoms with E-state index in [4.69, 9.17) is 5.73 Å². The van der Waals surface area contributed by atoms with Crippen LogP contribution in [-0.2, 0) is 0 Å². The van der Waals surface area contributed by atoms with Gasteiger partial charge in [-0.1, -0.05) is 80.3 Å². The van der Waals surface area contributed by atoms with Crippen molar-refractivity contribution >= 4 is 27.7 Å². The molecule has 120 valence electrons. The van der Waals surface area contributed by atoms with Gasteiger partial charge in [0.2, 0.25) is 0 Å². The molecule has 0 radical (unpaired) electrons. The normalized spacial score (nSPS) is 12.5. The van der Waals surface area contributed by atoms with Crippen LogP contribution in [0.2, 0.25) is 0 Å². The number of hydrogen-bond acceptors (Lipinski definition) is 2. The van der Waals surface area contributed by atoms with Gasteiger partial charge in [-0.25, -0.2) is 0 Å². The van der Waals surface area contributed by atoms with Gasteiger partial charge in [0.25, 0.3) is 0 Å². The number of unbranched alkanes of at least 4 members (excludes halogenated alkanes) is 7. The van der Waals surface area contributed by atoms with Gasteiger partial charge in [-0.05, 0) is 24.6 Å². The second-order valence-electron chi connectivity index (χ2n) is 5.79. The molecule has 0 aliphatic carbocycles. The number of thioether (sulfide) groups is 1. The van der Waals surface area contributed by atoms with Gasteiger partial charge in [-0.3, -0.25) is 0 Å². The van der Waals surface area contributed by atoms with Crippen molar-refractivity contribution in [3.8, 4) is 0 Å². The highest BCUT2D eigenvalue weighted by Gasteiger charge is 2.04. The highest BCUT2D eigenvalue weighted by molar-refractivity contribution is 9.10. The van der Waals surface area contributed by atoms with Crippen LogP contribution < -0.4 is 5.73 Å². The first-order chi connectivity index (χ1) is 10.2. The van der Waals surface area contributed by atoms with E-state index >= 15 is 0 Å². The Labute approximate surface area is 143 Å². The first kappa shape index (κ1) is 19.1. The smallest absolute Gasteiger partial charge is 0.0186 e. The van der Waals surface area contributed by atoms with Crippen molar-refractivity contribution < 1.29 is 0 Å². The Morgan fingerprint density at radius 2 is 1.71 bits per heavy atom. The number of rotatable bonds is 12. The van der Waals surface area contributed by atoms with Gasteiger partial charge in [-0.15, -0.1) is 11.8 Å². The standard InChI is InChI=1S/C18H30BrNS/c1-2-3-4-5-6-7-8-9-12-17(20)15-21-18-13-10-11-16(19)14-18/h10-11,13-14,17H,2-9,12,15,20H2,1H3. The molecular formula is C18H30BrNS. The zero-order valence-electron chi connectivity index (χ0n) is 13.3. The van der Waals surface area contributed by atoms with Crippen molar-refractivity contribution in [1.29, 1.82) is 0 Å². The van der Waals surface area contributed by atoms with E-state index in [1.165, 1.54) is 56.3 Å². The molecule has 0 aliphatic rings. The lowest BCUT2D eigenvalue weighted by molar-refractivity contribution is 0.543. The van der Waals surface area contributed by atoms with Crippen LogP contribution >= 0.6 is 27.7 Å². The van der Waals surface area contributed by atoms with Crippen LogP contribution in [-0.4, -0.2) is 11.8 Å². The van der Waals surface area contributed by atoms with E-state index in [-0.39, 0.29) is 0 Å². The molecule has 0 aromatic heterocycles. The van der Waals surface area contributed by atoms with Gasteiger partial charge in [0, 0.05) is 21.2 Å². The number of nitrogens with two attached hydrogens (primary N) is 1. The molecule has 2 N–H and O–H groups in total. The predicted molar refractivity (Wildman–Crippen MR) is 100 cm³/mol. The third-order valence-electron chi connectivity index (χ3n) is 3.69. The summed E-state index contributed by atoms with van der Waals surface area (Å²) in [5.74, 6) is 1.02. The molecule has 0 spiro atoms. The summed E-state index contributed by atoms with van der Waals surface area (Å²) < 4.78 is 1.14. The van der Waals surface area contributed by atoms with E-state index < -0.39 is 0 Å². The molecule has 1 aromatic rings. The molecule has 1 unspecified atom stereocenters. The zero-order valence-corrected chi connectivity index (χ0v) is 15.7. The van der Waals surface area contributed by atoms with E-state index in [0.29, 0.717) is 6.04 Å². The fourth-order valence-electron chi connectivity index (χ4n) is 2.38. The van der Waals surface area contributed by atoms with Gasteiger partial charge in [-0.2, -0.15) is 0 Å². The molecule has 0 bridgehead atoms. The molecule has 0 saturated heterocycles. The third kappa shape index (κ3) is 10.4. The minimum absolute atomic E-state index is 0.328. The summed E-state index contributed by atoms with van der Waals surface area (Å²) in [7, 11) is 0. The van der Waals surface area contributed by atoms with Gasteiger partial charge >= 0.3 is 0 Å². The maximum absolute atomic E-state index is 6.21. The van der Waals surface area contributed by atoms with Crippen LogP contribution in [0.1, 0.15) is 64.7 Å². The molecule has 1 rings (SSSR count). The quantitative estimate of drug-likeness (QED) is 0.339. The molecule has 0 amide bonds. The molecule has 1 atom stereocenters. The first-order valence-electron chi connectivity index (χ1n) is 8.36. The average molecular weight is 372 g/mol. The maximum Gasteiger partial charge on any atom is 0.0186 e. The lowest BCUT2D eigenvalue weighted by atomic mass is 10.1. The van der Waals surface area contributed by atoms with Crippen LogP contribution in [0, 0.1) is 0 Å². The van der Waals surface area contributed by atoms with Crippen molar-refractivity contribution in [2.45, 2.75) is 75.6 Å². The predicted octanol–water partition coefficient (Wildman–Crippen LogP) is 6.40. The maximum atomic E-state index is 6.21. The van der Waals surface area contributed by atoms with E-state index in [1.54, 1.807) is 0 Å². The second kappa shape index (κ2) is 12.5. The average Bonchev–Trinajstić information content (AvgIpc) is 2.48. The van der Waals surface area contributed by atoms with Gasteiger partial charge in [0.1, 0.15) is 0 Å². The van der Waals surface area contributed by atoms with Crippen LogP contribution in [0.3, 0.4) is 0 Å². The van der Waals surface area contributed by atoms with Crippen molar-refractivity contribution in [2.75, 3.05) is 5.75 Å². The van der Waals surface area contributed by atoms with E-state index in [1.807, 2.05) is 11.8 Å². The van der Waals surface area contributed by atoms with E-state index in [9.17, 15) is 0 Å². The van der Waals surface area contributed by atoms with Gasteiger partial charge in [0.15, 0.2) is 0 Å². The summed E-state index contributed by atoms with van der Waals surface area (Å²) in [6, 6.07) is 8.78. The van der Waals surface area contributed by atoms with Crippen molar-refractivity contribution in [3.05, 3.63) is 28.7 Å². The molecule has 1 nitrogen and oxygen atoms in total. The largest absolute Gasteiger partial charge is 0.327 e. The fourth-order valence-corrected chi connectivity index (χ4v) is 3.89. The Hall–Kier alpha value is 0.01000. The minimum Gasteiger partial charge on any atom is -0.327 e. The summed E-state index contributed by atoms with van der Waals surface area (Å²) in [5, 5.41) is 0. The Kier molecular flexibility index (Phi) is 11.4. The summed E-state index contributed by atoms with van der Waals surface area (Å²) in [6.45, 7) is 2.27. The van der Waals surface area contributed by atoms with Gasteiger partial charge in [0.05, 0.1) is 0 Å². The van der Waals surface area contributed by atoms with Crippen LogP contribution in [0.4, 0.5) is 0 Å². The highest BCUT2D eigenvalue weighted by atomic mass is 79.9. The number of halogens is 1. The lowest BCUT2D eigenvalue weighted by Crippen LogP contribution is -2.22. The lowest BCUT2D eigenvalue weighted by Gasteiger charge is -2.11. The second-order valence-corrected chi connectivity index (χ2v) is 7.80. The van der Waals surface area contributed by atoms with Crippen LogP contribution in [0.15, 0.2) is 33.6 Å². The molecule has 21 heavy (non-hydrogen) atoms. The Morgan fingerprint density at radius 1 is 1.05 bits per heavy atom. The van der Waals surface area contributed by atoms with E-state index in [2.05, 4.69) is 47.1 Å². The molecular weight excluding hydrogens is 342 g/mol. The molecule has 0 heterocycles. The molecule has 3 heteroatoms. The van der Waals surface area contributed by atoms with Crippen molar-refractivity contribution in [1.82, 2.24) is 0 Å². The topological polar surface area (TPSA) is 26.0 Å². The van der Waals surface area contributed by atoms with E-state index in [0.717, 1.165) is 16.6 Å². The summed E-state index contributed by atoms with van der Waals surface area (Å²) in [6.07, 6.45) is 12.2. The molecule has 0 aliphatic heterocycles. The summed E-state index contributed by atoms with van der Waals surface area (Å²) in [5.41, 5.74) is 6.21. The zero-order chi connectivity index (χ0) is 15.3. The minimum atomic E-state index is 0.328. The Balaban J connectivity index is 1.97. The van der Waals surface area contributed by atoms with Crippen molar-refractivity contribution in [2.24, 2.45) is 5.73 Å². The van der Waals surface area contributed by atoms with Crippen LogP contribution in [0.25, 0.3) is 0 Å². The summed E-state index contributed by atoms with van der Waals surface area (Å²) in [4.78, 5) is 1.30. The molecule has 0 saturated carbocycles. The first-order valence-corrected chi connectivity index (χ1v) is 10.1. The fraction of sp³-hybridized carbons (Fsp3) is 0.667. The monoisotopic (exact) mass is 371 g/mol. The van der Waals surface area contributed by atoms with Crippen LogP contribution in [0.5, 0.6) is 0 Å². The highest BCUT2D eigenvalue weighted by Crippen LogP contribution is 2.23. The number of hydrogen-bond donors (Lipinski definition) is 1. The SMILES string of the molecule is CCCCCCCCCCC(N)CSc1cccc(Br)c1.